The van der Waals surface area contributed by atoms with Crippen molar-refractivity contribution in [2.75, 3.05) is 23.7 Å². The lowest BCUT2D eigenvalue weighted by Gasteiger charge is -2.28. The summed E-state index contributed by atoms with van der Waals surface area (Å²) in [5.74, 6) is 0.201. The quantitative estimate of drug-likeness (QED) is 0.659. The number of anilines is 1. The molecule has 6 nitrogen and oxygen atoms in total. The van der Waals surface area contributed by atoms with E-state index in [4.69, 9.17) is 16.3 Å². The summed E-state index contributed by atoms with van der Waals surface area (Å²) < 4.78 is 31.2. The van der Waals surface area contributed by atoms with Crippen molar-refractivity contribution >= 4 is 33.2 Å². The zero-order valence-corrected chi connectivity index (χ0v) is 18.0. The van der Waals surface area contributed by atoms with Crippen molar-refractivity contribution < 1.29 is 17.9 Å². The number of carbonyl (C=O) groups excluding carboxylic acids is 1. The first kappa shape index (κ1) is 22.0. The Hall–Kier alpha value is -2.25. The van der Waals surface area contributed by atoms with Crippen LogP contribution in [0.1, 0.15) is 18.1 Å². The maximum Gasteiger partial charge on any atom is 0.243 e. The van der Waals surface area contributed by atoms with E-state index in [1.807, 2.05) is 19.9 Å². The number of nitrogens with one attached hydrogen (secondary N) is 1. The summed E-state index contributed by atoms with van der Waals surface area (Å²) in [7, 11) is -3.63. The van der Waals surface area contributed by atoms with Gasteiger partial charge in [0.05, 0.1) is 18.5 Å². The zero-order valence-electron chi connectivity index (χ0n) is 16.4. The van der Waals surface area contributed by atoms with Gasteiger partial charge in [-0.1, -0.05) is 35.4 Å². The van der Waals surface area contributed by atoms with Gasteiger partial charge in [-0.05, 0) is 50.6 Å². The lowest BCUT2D eigenvalue weighted by Crippen LogP contribution is -2.48. The Balaban J connectivity index is 1.97. The number of hydrogen-bond donors (Lipinski definition) is 1. The monoisotopic (exact) mass is 424 g/mol. The van der Waals surface area contributed by atoms with Crippen LogP contribution in [-0.4, -0.2) is 39.8 Å². The van der Waals surface area contributed by atoms with Crippen LogP contribution in [0.5, 0.6) is 5.75 Å². The fraction of sp³-hybridized carbons (Fsp3) is 0.350. The Morgan fingerprint density at radius 1 is 1.18 bits per heavy atom. The van der Waals surface area contributed by atoms with Crippen molar-refractivity contribution in [3.8, 4) is 5.75 Å². The lowest BCUT2D eigenvalue weighted by molar-refractivity contribution is -0.121. The minimum Gasteiger partial charge on any atom is -0.492 e. The second-order valence-corrected chi connectivity index (χ2v) is 8.89. The third-order valence-corrected chi connectivity index (χ3v) is 5.84. The summed E-state index contributed by atoms with van der Waals surface area (Å²) in [6, 6.07) is 11.4. The molecule has 0 aliphatic heterocycles. The van der Waals surface area contributed by atoms with Crippen molar-refractivity contribution in [1.29, 1.82) is 0 Å². The normalized spacial score (nSPS) is 12.3. The first-order chi connectivity index (χ1) is 13.1. The summed E-state index contributed by atoms with van der Waals surface area (Å²) in [5, 5.41) is 3.32. The first-order valence-corrected chi connectivity index (χ1v) is 11.0. The van der Waals surface area contributed by atoms with Gasteiger partial charge >= 0.3 is 0 Å². The van der Waals surface area contributed by atoms with Crippen molar-refractivity contribution in [3.05, 3.63) is 58.6 Å². The molecule has 0 radical (unpaired) electrons. The van der Waals surface area contributed by atoms with Crippen molar-refractivity contribution in [2.24, 2.45) is 0 Å². The molecule has 0 aliphatic rings. The fourth-order valence-corrected chi connectivity index (χ4v) is 4.00. The molecular weight excluding hydrogens is 400 g/mol. The number of amides is 1. The maximum absolute atomic E-state index is 12.5. The number of sulfonamides is 1. The molecule has 0 bridgehead atoms. The second-order valence-electron chi connectivity index (χ2n) is 6.62. The number of hydrogen-bond acceptors (Lipinski definition) is 4. The van der Waals surface area contributed by atoms with E-state index in [1.165, 1.54) is 0 Å². The minimum absolute atomic E-state index is 0.236. The predicted octanol–water partition coefficient (Wildman–Crippen LogP) is 3.31. The molecule has 2 aromatic carbocycles. The standard InChI is InChI=1S/C20H25ClN2O4S/c1-14-5-8-17(9-6-14)23(28(4,25)26)16(3)20(24)22-11-12-27-18-10-7-15(2)19(21)13-18/h5-10,13,16H,11-12H2,1-4H3,(H,22,24)/t16-/m1/s1. The van der Waals surface area contributed by atoms with Crippen LogP contribution in [0.4, 0.5) is 5.69 Å². The molecule has 0 saturated heterocycles. The third-order valence-electron chi connectivity index (χ3n) is 4.19. The molecule has 8 heteroatoms. The number of halogens is 1. The largest absolute Gasteiger partial charge is 0.492 e. The smallest absolute Gasteiger partial charge is 0.243 e. The number of aryl methyl sites for hydroxylation is 2. The molecule has 1 N–H and O–H groups in total. The summed E-state index contributed by atoms with van der Waals surface area (Å²) >= 11 is 6.05. The molecule has 0 heterocycles. The van der Waals surface area contributed by atoms with E-state index < -0.39 is 22.0 Å². The van der Waals surface area contributed by atoms with E-state index in [0.29, 0.717) is 16.5 Å². The van der Waals surface area contributed by atoms with E-state index >= 15 is 0 Å². The second kappa shape index (κ2) is 9.30. The molecule has 0 aliphatic carbocycles. The molecule has 0 spiro atoms. The molecular formula is C20H25ClN2O4S. The Morgan fingerprint density at radius 2 is 1.82 bits per heavy atom. The van der Waals surface area contributed by atoms with Crippen LogP contribution >= 0.6 is 11.6 Å². The Morgan fingerprint density at radius 3 is 2.39 bits per heavy atom. The zero-order chi connectivity index (χ0) is 20.9. The van der Waals surface area contributed by atoms with E-state index in [2.05, 4.69) is 5.32 Å². The van der Waals surface area contributed by atoms with Crippen LogP contribution in [0.15, 0.2) is 42.5 Å². The van der Waals surface area contributed by atoms with Gasteiger partial charge in [0, 0.05) is 5.02 Å². The molecule has 152 valence electrons. The van der Waals surface area contributed by atoms with E-state index in [1.54, 1.807) is 43.3 Å². The van der Waals surface area contributed by atoms with Gasteiger partial charge in [-0.25, -0.2) is 8.42 Å². The maximum atomic E-state index is 12.5. The molecule has 2 aromatic rings. The average molecular weight is 425 g/mol. The first-order valence-electron chi connectivity index (χ1n) is 8.82. The SMILES string of the molecule is Cc1ccc(N([C@H](C)C(=O)NCCOc2ccc(C)c(Cl)c2)S(C)(=O)=O)cc1. The van der Waals surface area contributed by atoms with Gasteiger partial charge in [-0.3, -0.25) is 9.10 Å². The van der Waals surface area contributed by atoms with Gasteiger partial charge in [0.1, 0.15) is 18.4 Å². The number of ether oxygens (including phenoxy) is 1. The van der Waals surface area contributed by atoms with Crippen LogP contribution in [0.25, 0.3) is 0 Å². The molecule has 28 heavy (non-hydrogen) atoms. The van der Waals surface area contributed by atoms with E-state index in [-0.39, 0.29) is 13.2 Å². The number of nitrogens with zero attached hydrogens (tertiary/aromatic N) is 1. The van der Waals surface area contributed by atoms with Crippen molar-refractivity contribution in [3.63, 3.8) is 0 Å². The predicted molar refractivity (Wildman–Crippen MR) is 113 cm³/mol. The molecule has 0 fully saturated rings. The minimum atomic E-state index is -3.63. The molecule has 0 saturated carbocycles. The molecule has 0 aromatic heterocycles. The Bertz CT molecular complexity index is 930. The van der Waals surface area contributed by atoms with Gasteiger partial charge in [0.2, 0.25) is 15.9 Å². The summed E-state index contributed by atoms with van der Waals surface area (Å²) in [6.45, 7) is 5.83. The third kappa shape index (κ3) is 5.87. The van der Waals surface area contributed by atoms with Gasteiger partial charge in [-0.2, -0.15) is 0 Å². The van der Waals surface area contributed by atoms with E-state index in [0.717, 1.165) is 21.7 Å². The number of carbonyl (C=O) groups is 1. The Kier molecular flexibility index (Phi) is 7.32. The van der Waals surface area contributed by atoms with Crippen LogP contribution in [0, 0.1) is 13.8 Å². The van der Waals surface area contributed by atoms with Crippen molar-refractivity contribution in [2.45, 2.75) is 26.8 Å². The summed E-state index contributed by atoms with van der Waals surface area (Å²) in [5.41, 5.74) is 2.40. The van der Waals surface area contributed by atoms with Gasteiger partial charge in [0.15, 0.2) is 0 Å². The Labute approximate surface area is 171 Å². The van der Waals surface area contributed by atoms with Crippen LogP contribution in [0.2, 0.25) is 5.02 Å². The molecule has 1 atom stereocenters. The molecule has 1 amide bonds. The highest BCUT2D eigenvalue weighted by Gasteiger charge is 2.28. The highest BCUT2D eigenvalue weighted by atomic mass is 35.5. The van der Waals surface area contributed by atoms with E-state index in [9.17, 15) is 13.2 Å². The fourth-order valence-electron chi connectivity index (χ4n) is 2.65. The average Bonchev–Trinajstić information content (AvgIpc) is 2.62. The van der Waals surface area contributed by atoms with Gasteiger partial charge in [-0.15, -0.1) is 0 Å². The van der Waals surface area contributed by atoms with Gasteiger partial charge < -0.3 is 10.1 Å². The highest BCUT2D eigenvalue weighted by Crippen LogP contribution is 2.22. The molecule has 2 rings (SSSR count). The number of rotatable bonds is 8. The van der Waals surface area contributed by atoms with Crippen LogP contribution in [0.3, 0.4) is 0 Å². The number of benzene rings is 2. The lowest BCUT2D eigenvalue weighted by atomic mass is 10.2. The summed E-state index contributed by atoms with van der Waals surface area (Å²) in [6.07, 6.45) is 1.08. The topological polar surface area (TPSA) is 75.7 Å². The van der Waals surface area contributed by atoms with Crippen molar-refractivity contribution in [1.82, 2.24) is 5.32 Å². The van der Waals surface area contributed by atoms with Crippen LogP contribution in [-0.2, 0) is 14.8 Å². The summed E-state index contributed by atoms with van der Waals surface area (Å²) in [4.78, 5) is 12.5. The molecule has 0 unspecified atom stereocenters. The highest BCUT2D eigenvalue weighted by molar-refractivity contribution is 7.92. The van der Waals surface area contributed by atoms with Crippen LogP contribution < -0.4 is 14.4 Å². The van der Waals surface area contributed by atoms with Gasteiger partial charge in [0.25, 0.3) is 0 Å².